The molecule has 1 fully saturated rings. The van der Waals surface area contributed by atoms with Gasteiger partial charge in [-0.2, -0.15) is 5.10 Å². The molecule has 1 aliphatic heterocycles. The van der Waals surface area contributed by atoms with Gasteiger partial charge in [-0.25, -0.2) is 4.98 Å². The van der Waals surface area contributed by atoms with Crippen LogP contribution in [0, 0.1) is 20.8 Å². The lowest BCUT2D eigenvalue weighted by Gasteiger charge is -2.34. The Morgan fingerprint density at radius 3 is 2.39 bits per heavy atom. The van der Waals surface area contributed by atoms with E-state index in [0.717, 1.165) is 42.9 Å². The fourth-order valence-electron chi connectivity index (χ4n) is 4.41. The number of aryl methyl sites for hydroxylation is 3. The Balaban J connectivity index is 1.67. The van der Waals surface area contributed by atoms with E-state index in [4.69, 9.17) is 4.98 Å². The average Bonchev–Trinajstić information content (AvgIpc) is 3.06. The standard InChI is InChI=1S/C23H31N5/c1-6-27-7-9-28(10-8-27)15-19-11-16(2)12-20(18(19)4)21-13-17(3)23-22(25-21)14-24-26(23)5/h11-14H,6-10,15H2,1-5H3. The van der Waals surface area contributed by atoms with Gasteiger partial charge in [0.1, 0.15) is 5.52 Å². The van der Waals surface area contributed by atoms with E-state index in [1.54, 1.807) is 0 Å². The van der Waals surface area contributed by atoms with E-state index in [0.29, 0.717) is 0 Å². The number of rotatable bonds is 4. The maximum absolute atomic E-state index is 4.93. The molecule has 3 aromatic rings. The summed E-state index contributed by atoms with van der Waals surface area (Å²) in [5, 5.41) is 4.38. The summed E-state index contributed by atoms with van der Waals surface area (Å²) in [4.78, 5) is 10.0. The minimum atomic E-state index is 0.968. The lowest BCUT2D eigenvalue weighted by Crippen LogP contribution is -2.45. The molecule has 28 heavy (non-hydrogen) atoms. The van der Waals surface area contributed by atoms with Crippen LogP contribution in [0.15, 0.2) is 24.4 Å². The number of fused-ring (bicyclic) bond motifs is 1. The third kappa shape index (κ3) is 3.56. The molecule has 0 unspecified atom stereocenters. The predicted molar refractivity (Wildman–Crippen MR) is 116 cm³/mol. The van der Waals surface area contributed by atoms with Crippen molar-refractivity contribution in [1.82, 2.24) is 24.6 Å². The molecule has 0 spiro atoms. The van der Waals surface area contributed by atoms with Gasteiger partial charge in [0.25, 0.3) is 0 Å². The van der Waals surface area contributed by atoms with Crippen LogP contribution in [0.25, 0.3) is 22.3 Å². The van der Waals surface area contributed by atoms with E-state index in [9.17, 15) is 0 Å². The Morgan fingerprint density at radius 1 is 0.964 bits per heavy atom. The lowest BCUT2D eigenvalue weighted by molar-refractivity contribution is 0.132. The summed E-state index contributed by atoms with van der Waals surface area (Å²) in [6.45, 7) is 15.7. The van der Waals surface area contributed by atoms with Gasteiger partial charge in [-0.1, -0.05) is 18.6 Å². The van der Waals surface area contributed by atoms with Gasteiger partial charge in [0.15, 0.2) is 0 Å². The monoisotopic (exact) mass is 377 g/mol. The van der Waals surface area contributed by atoms with E-state index in [2.05, 4.69) is 60.8 Å². The first-order valence-electron chi connectivity index (χ1n) is 10.3. The van der Waals surface area contributed by atoms with Gasteiger partial charge >= 0.3 is 0 Å². The van der Waals surface area contributed by atoms with Crippen molar-refractivity contribution < 1.29 is 0 Å². The zero-order chi connectivity index (χ0) is 19.8. The number of aromatic nitrogens is 3. The number of hydrogen-bond acceptors (Lipinski definition) is 4. The van der Waals surface area contributed by atoms with E-state index < -0.39 is 0 Å². The molecule has 0 aliphatic carbocycles. The van der Waals surface area contributed by atoms with Crippen molar-refractivity contribution in [2.24, 2.45) is 7.05 Å². The summed E-state index contributed by atoms with van der Waals surface area (Å²) < 4.78 is 1.91. The van der Waals surface area contributed by atoms with Crippen LogP contribution in [0.3, 0.4) is 0 Å². The van der Waals surface area contributed by atoms with Crippen molar-refractivity contribution in [3.05, 3.63) is 46.6 Å². The zero-order valence-corrected chi connectivity index (χ0v) is 17.8. The van der Waals surface area contributed by atoms with Gasteiger partial charge in [-0.05, 0) is 56.1 Å². The highest BCUT2D eigenvalue weighted by atomic mass is 15.3. The number of piperazine rings is 1. The van der Waals surface area contributed by atoms with Crippen LogP contribution < -0.4 is 0 Å². The Hall–Kier alpha value is -2.24. The van der Waals surface area contributed by atoms with Gasteiger partial charge < -0.3 is 4.90 Å². The molecule has 3 heterocycles. The van der Waals surface area contributed by atoms with Crippen LogP contribution >= 0.6 is 0 Å². The van der Waals surface area contributed by atoms with Crippen molar-refractivity contribution in [2.45, 2.75) is 34.2 Å². The van der Waals surface area contributed by atoms with Crippen LogP contribution in [0.4, 0.5) is 0 Å². The highest BCUT2D eigenvalue weighted by Gasteiger charge is 2.18. The first-order valence-corrected chi connectivity index (χ1v) is 10.3. The maximum Gasteiger partial charge on any atom is 0.109 e. The van der Waals surface area contributed by atoms with Crippen LogP contribution in [-0.4, -0.2) is 57.3 Å². The van der Waals surface area contributed by atoms with Gasteiger partial charge in [-0.3, -0.25) is 9.58 Å². The largest absolute Gasteiger partial charge is 0.301 e. The summed E-state index contributed by atoms with van der Waals surface area (Å²) in [7, 11) is 1.98. The molecule has 1 aromatic carbocycles. The van der Waals surface area contributed by atoms with Gasteiger partial charge in [-0.15, -0.1) is 0 Å². The molecule has 1 aliphatic rings. The third-order valence-electron chi connectivity index (χ3n) is 6.13. The molecule has 1 saturated heterocycles. The van der Waals surface area contributed by atoms with Crippen LogP contribution in [-0.2, 0) is 13.6 Å². The minimum Gasteiger partial charge on any atom is -0.301 e. The molecule has 4 rings (SSSR count). The summed E-state index contributed by atoms with van der Waals surface area (Å²) in [6.07, 6.45) is 1.87. The molecule has 0 bridgehead atoms. The topological polar surface area (TPSA) is 37.2 Å². The second kappa shape index (κ2) is 7.64. The average molecular weight is 378 g/mol. The number of benzene rings is 1. The van der Waals surface area contributed by atoms with Crippen molar-refractivity contribution in [3.63, 3.8) is 0 Å². The van der Waals surface area contributed by atoms with Crippen molar-refractivity contribution in [3.8, 4) is 11.3 Å². The Morgan fingerprint density at radius 2 is 1.68 bits per heavy atom. The van der Waals surface area contributed by atoms with Crippen LogP contribution in [0.1, 0.15) is 29.2 Å². The number of likely N-dealkylation sites (N-methyl/N-ethyl adjacent to an activating group) is 1. The molecule has 0 radical (unpaired) electrons. The molecular formula is C23H31N5. The molecule has 0 atom stereocenters. The maximum atomic E-state index is 4.93. The van der Waals surface area contributed by atoms with Crippen molar-refractivity contribution in [1.29, 1.82) is 0 Å². The second-order valence-electron chi connectivity index (χ2n) is 8.13. The fraction of sp³-hybridized carbons (Fsp3) is 0.478. The summed E-state index contributed by atoms with van der Waals surface area (Å²) in [6, 6.07) is 6.83. The number of nitrogens with zero attached hydrogens (tertiary/aromatic N) is 5. The molecule has 5 nitrogen and oxygen atoms in total. The van der Waals surface area contributed by atoms with Gasteiger partial charge in [0.05, 0.1) is 17.4 Å². The Kier molecular flexibility index (Phi) is 5.21. The fourth-order valence-corrected chi connectivity index (χ4v) is 4.41. The summed E-state index contributed by atoms with van der Waals surface area (Å²) in [5.41, 5.74) is 9.67. The lowest BCUT2D eigenvalue weighted by atomic mass is 9.95. The quantitative estimate of drug-likeness (QED) is 0.695. The molecule has 0 saturated carbocycles. The van der Waals surface area contributed by atoms with E-state index >= 15 is 0 Å². The number of pyridine rings is 1. The normalized spacial score (nSPS) is 16.2. The second-order valence-corrected chi connectivity index (χ2v) is 8.13. The van der Waals surface area contributed by atoms with Crippen LogP contribution in [0.2, 0.25) is 0 Å². The predicted octanol–water partition coefficient (Wildman–Crippen LogP) is 3.70. The van der Waals surface area contributed by atoms with E-state index in [1.807, 2.05) is 17.9 Å². The Bertz CT molecular complexity index is 996. The third-order valence-corrected chi connectivity index (χ3v) is 6.13. The molecule has 148 valence electrons. The van der Waals surface area contributed by atoms with E-state index in [-0.39, 0.29) is 0 Å². The van der Waals surface area contributed by atoms with Crippen molar-refractivity contribution in [2.75, 3.05) is 32.7 Å². The molecule has 0 amide bonds. The highest BCUT2D eigenvalue weighted by Crippen LogP contribution is 2.30. The smallest absolute Gasteiger partial charge is 0.109 e. The van der Waals surface area contributed by atoms with E-state index in [1.165, 1.54) is 40.9 Å². The minimum absolute atomic E-state index is 0.968. The van der Waals surface area contributed by atoms with Gasteiger partial charge in [0, 0.05) is 45.3 Å². The highest BCUT2D eigenvalue weighted by molar-refractivity contribution is 5.82. The first-order chi connectivity index (χ1) is 13.5. The summed E-state index contributed by atoms with van der Waals surface area (Å²) in [5.74, 6) is 0. The molecular weight excluding hydrogens is 346 g/mol. The summed E-state index contributed by atoms with van der Waals surface area (Å²) >= 11 is 0. The molecule has 2 aromatic heterocycles. The van der Waals surface area contributed by atoms with Crippen LogP contribution in [0.5, 0.6) is 0 Å². The van der Waals surface area contributed by atoms with Crippen molar-refractivity contribution >= 4 is 11.0 Å². The number of hydrogen-bond donors (Lipinski definition) is 0. The zero-order valence-electron chi connectivity index (χ0n) is 17.8. The van der Waals surface area contributed by atoms with Gasteiger partial charge in [0.2, 0.25) is 0 Å². The molecule has 0 N–H and O–H groups in total. The first kappa shape index (κ1) is 19.1. The Labute approximate surface area is 168 Å². The SMILES string of the molecule is CCN1CCN(Cc2cc(C)cc(-c3cc(C)c4c(cnn4C)n3)c2C)CC1. The molecule has 5 heteroatoms.